The van der Waals surface area contributed by atoms with E-state index in [1.807, 2.05) is 6.92 Å². The average Bonchev–Trinajstić information content (AvgIpc) is 2.27. The van der Waals surface area contributed by atoms with Crippen molar-refractivity contribution in [3.8, 4) is 6.07 Å². The van der Waals surface area contributed by atoms with Crippen LogP contribution in [0.5, 0.6) is 0 Å². The predicted molar refractivity (Wildman–Crippen MR) is 57.1 cm³/mol. The first-order valence-corrected chi connectivity index (χ1v) is 5.00. The fraction of sp³-hybridized carbons (Fsp3) is 0.500. The van der Waals surface area contributed by atoms with E-state index in [0.717, 1.165) is 0 Å². The molecule has 0 aromatic carbocycles. The third kappa shape index (κ3) is 2.38. The first-order chi connectivity index (χ1) is 7.63. The van der Waals surface area contributed by atoms with Gasteiger partial charge in [0, 0.05) is 18.8 Å². The van der Waals surface area contributed by atoms with Crippen molar-refractivity contribution >= 4 is 0 Å². The Balaban J connectivity index is 3.28. The molecule has 0 radical (unpaired) electrons. The van der Waals surface area contributed by atoms with E-state index < -0.39 is 11.2 Å². The molecule has 86 valence electrons. The number of rotatable bonds is 4. The third-order valence-electron chi connectivity index (χ3n) is 2.42. The lowest BCUT2D eigenvalue weighted by Gasteiger charge is -2.16. The largest absolute Gasteiger partial charge is 0.396 e. The Hall–Kier alpha value is -1.87. The van der Waals surface area contributed by atoms with Gasteiger partial charge in [-0.2, -0.15) is 5.26 Å². The zero-order chi connectivity index (χ0) is 12.1. The van der Waals surface area contributed by atoms with Gasteiger partial charge in [-0.05, 0) is 12.8 Å². The maximum Gasteiger partial charge on any atom is 0.328 e. The fourth-order valence-corrected chi connectivity index (χ4v) is 1.53. The summed E-state index contributed by atoms with van der Waals surface area (Å²) in [5.74, 6) is 0. The topological polar surface area (TPSA) is 98.9 Å². The zero-order valence-electron chi connectivity index (χ0n) is 8.93. The SMILES string of the molecule is CCC(CCO)n1cc(C#N)c(=O)[nH]c1=O. The molecular weight excluding hydrogens is 210 g/mol. The number of H-pyrrole nitrogens is 1. The highest BCUT2D eigenvalue weighted by molar-refractivity contribution is 5.21. The van der Waals surface area contributed by atoms with Crippen LogP contribution in [0.15, 0.2) is 15.8 Å². The second-order valence-corrected chi connectivity index (χ2v) is 3.40. The zero-order valence-corrected chi connectivity index (χ0v) is 8.93. The van der Waals surface area contributed by atoms with Gasteiger partial charge >= 0.3 is 5.69 Å². The summed E-state index contributed by atoms with van der Waals surface area (Å²) in [4.78, 5) is 24.7. The molecule has 0 fully saturated rings. The van der Waals surface area contributed by atoms with Gasteiger partial charge in [-0.3, -0.25) is 14.3 Å². The normalized spacial score (nSPS) is 12.1. The molecule has 6 nitrogen and oxygen atoms in total. The van der Waals surface area contributed by atoms with E-state index in [1.165, 1.54) is 10.8 Å². The highest BCUT2D eigenvalue weighted by Crippen LogP contribution is 2.12. The summed E-state index contributed by atoms with van der Waals surface area (Å²) in [7, 11) is 0. The minimum Gasteiger partial charge on any atom is -0.396 e. The highest BCUT2D eigenvalue weighted by Gasteiger charge is 2.12. The summed E-state index contributed by atoms with van der Waals surface area (Å²) in [5, 5.41) is 17.5. The molecule has 1 aromatic heterocycles. The quantitative estimate of drug-likeness (QED) is 0.734. The van der Waals surface area contributed by atoms with Gasteiger partial charge in [-0.1, -0.05) is 6.92 Å². The Labute approximate surface area is 91.8 Å². The van der Waals surface area contributed by atoms with Crippen LogP contribution in [-0.2, 0) is 0 Å². The number of aromatic nitrogens is 2. The summed E-state index contributed by atoms with van der Waals surface area (Å²) in [6.07, 6.45) is 2.29. The first kappa shape index (κ1) is 12.2. The molecule has 0 spiro atoms. The Morgan fingerprint density at radius 1 is 1.62 bits per heavy atom. The molecule has 1 rings (SSSR count). The lowest BCUT2D eigenvalue weighted by Crippen LogP contribution is -2.33. The minimum atomic E-state index is -0.678. The standard InChI is InChI=1S/C10H13N3O3/c1-2-8(3-4-14)13-6-7(5-11)9(15)12-10(13)16/h6,8,14H,2-4H2,1H3,(H,12,15,16). The lowest BCUT2D eigenvalue weighted by atomic mass is 10.1. The van der Waals surface area contributed by atoms with Gasteiger partial charge in [0.1, 0.15) is 11.6 Å². The second-order valence-electron chi connectivity index (χ2n) is 3.40. The van der Waals surface area contributed by atoms with Crippen LogP contribution in [0.1, 0.15) is 31.4 Å². The molecule has 1 atom stereocenters. The van der Waals surface area contributed by atoms with Crippen molar-refractivity contribution in [1.82, 2.24) is 9.55 Å². The fourth-order valence-electron chi connectivity index (χ4n) is 1.53. The van der Waals surface area contributed by atoms with Crippen molar-refractivity contribution in [2.24, 2.45) is 0 Å². The van der Waals surface area contributed by atoms with Crippen LogP contribution < -0.4 is 11.2 Å². The number of aromatic amines is 1. The van der Waals surface area contributed by atoms with Gasteiger partial charge < -0.3 is 5.11 Å². The number of hydrogen-bond donors (Lipinski definition) is 2. The number of hydrogen-bond acceptors (Lipinski definition) is 4. The van der Waals surface area contributed by atoms with Crippen LogP contribution in [-0.4, -0.2) is 21.3 Å². The number of nitriles is 1. The molecule has 0 aliphatic carbocycles. The van der Waals surface area contributed by atoms with E-state index in [0.29, 0.717) is 12.8 Å². The van der Waals surface area contributed by atoms with Gasteiger partial charge in [-0.15, -0.1) is 0 Å². The number of nitrogens with one attached hydrogen (secondary N) is 1. The van der Waals surface area contributed by atoms with Crippen LogP contribution in [0.25, 0.3) is 0 Å². The molecule has 1 aromatic rings. The van der Waals surface area contributed by atoms with Crippen LogP contribution in [0, 0.1) is 11.3 Å². The summed E-state index contributed by atoms with van der Waals surface area (Å²) >= 11 is 0. The minimum absolute atomic E-state index is 0.0496. The Morgan fingerprint density at radius 3 is 2.81 bits per heavy atom. The van der Waals surface area contributed by atoms with Gasteiger partial charge in [0.05, 0.1) is 0 Å². The van der Waals surface area contributed by atoms with Crippen molar-refractivity contribution in [1.29, 1.82) is 5.26 Å². The second kappa shape index (κ2) is 5.28. The van der Waals surface area contributed by atoms with Gasteiger partial charge in [-0.25, -0.2) is 4.79 Å². The summed E-state index contributed by atoms with van der Waals surface area (Å²) in [5.41, 5.74) is -1.33. The molecule has 0 bridgehead atoms. The average molecular weight is 223 g/mol. The summed E-state index contributed by atoms with van der Waals surface area (Å²) in [6.45, 7) is 1.82. The van der Waals surface area contributed by atoms with Crippen molar-refractivity contribution in [3.63, 3.8) is 0 Å². The van der Waals surface area contributed by atoms with Crippen LogP contribution in [0.4, 0.5) is 0 Å². The van der Waals surface area contributed by atoms with E-state index in [2.05, 4.69) is 4.98 Å². The van der Waals surface area contributed by atoms with E-state index >= 15 is 0 Å². The van der Waals surface area contributed by atoms with Gasteiger partial charge in [0.15, 0.2) is 0 Å². The molecule has 1 heterocycles. The number of aliphatic hydroxyl groups is 1. The van der Waals surface area contributed by atoms with Crippen molar-refractivity contribution in [2.45, 2.75) is 25.8 Å². The van der Waals surface area contributed by atoms with E-state index in [1.54, 1.807) is 6.07 Å². The van der Waals surface area contributed by atoms with Gasteiger partial charge in [0.2, 0.25) is 0 Å². The summed E-state index contributed by atoms with van der Waals surface area (Å²) < 4.78 is 1.29. The van der Waals surface area contributed by atoms with E-state index in [-0.39, 0.29) is 18.2 Å². The molecule has 16 heavy (non-hydrogen) atoms. The Bertz CT molecular complexity index is 509. The van der Waals surface area contributed by atoms with Gasteiger partial charge in [0.25, 0.3) is 5.56 Å². The lowest BCUT2D eigenvalue weighted by molar-refractivity contribution is 0.252. The predicted octanol–water partition coefficient (Wildman–Crippen LogP) is -0.258. The molecule has 1 unspecified atom stereocenters. The number of aliphatic hydroxyl groups excluding tert-OH is 1. The van der Waals surface area contributed by atoms with Crippen molar-refractivity contribution in [2.75, 3.05) is 6.61 Å². The maximum absolute atomic E-state index is 11.5. The molecule has 0 saturated carbocycles. The highest BCUT2D eigenvalue weighted by atomic mass is 16.3. The first-order valence-electron chi connectivity index (χ1n) is 5.00. The molecule has 0 saturated heterocycles. The summed E-state index contributed by atoms with van der Waals surface area (Å²) in [6, 6.07) is 1.51. The van der Waals surface area contributed by atoms with Crippen molar-refractivity contribution in [3.05, 3.63) is 32.6 Å². The Kier molecular flexibility index (Phi) is 4.03. The monoisotopic (exact) mass is 223 g/mol. The molecule has 0 aliphatic rings. The molecular formula is C10H13N3O3. The third-order valence-corrected chi connectivity index (χ3v) is 2.42. The van der Waals surface area contributed by atoms with Crippen LogP contribution >= 0.6 is 0 Å². The number of nitrogens with zero attached hydrogens (tertiary/aromatic N) is 2. The van der Waals surface area contributed by atoms with E-state index in [4.69, 9.17) is 10.4 Å². The smallest absolute Gasteiger partial charge is 0.328 e. The molecule has 0 amide bonds. The van der Waals surface area contributed by atoms with Crippen molar-refractivity contribution < 1.29 is 5.11 Å². The van der Waals surface area contributed by atoms with E-state index in [9.17, 15) is 9.59 Å². The van der Waals surface area contributed by atoms with Crippen LogP contribution in [0.2, 0.25) is 0 Å². The molecule has 0 aliphatic heterocycles. The maximum atomic E-state index is 11.5. The van der Waals surface area contributed by atoms with Crippen LogP contribution in [0.3, 0.4) is 0 Å². The Morgan fingerprint density at radius 2 is 2.31 bits per heavy atom. The molecule has 2 N–H and O–H groups in total. The molecule has 6 heteroatoms.